The molecule has 10 nitrogen and oxygen atoms in total. The van der Waals surface area contributed by atoms with Gasteiger partial charge < -0.3 is 19.5 Å². The van der Waals surface area contributed by atoms with E-state index in [0.29, 0.717) is 25.1 Å². The van der Waals surface area contributed by atoms with Crippen molar-refractivity contribution in [1.82, 2.24) is 34.6 Å². The summed E-state index contributed by atoms with van der Waals surface area (Å²) in [5.41, 5.74) is 4.63. The summed E-state index contributed by atoms with van der Waals surface area (Å²) in [5, 5.41) is 5.68. The molecule has 176 valence electrons. The van der Waals surface area contributed by atoms with Crippen molar-refractivity contribution in [2.45, 2.75) is 26.3 Å². The Balaban J connectivity index is 1.39. The predicted molar refractivity (Wildman–Crippen MR) is 128 cm³/mol. The summed E-state index contributed by atoms with van der Waals surface area (Å²) in [5.74, 6) is 1.33. The van der Waals surface area contributed by atoms with E-state index in [2.05, 4.69) is 27.0 Å². The molecule has 0 bridgehead atoms. The number of H-pyrrole nitrogens is 1. The Hall–Kier alpha value is -3.53. The molecule has 34 heavy (non-hydrogen) atoms. The van der Waals surface area contributed by atoms with Crippen LogP contribution in [0.25, 0.3) is 33.3 Å². The molecule has 6 rings (SSSR count). The molecule has 2 aliphatic rings. The second kappa shape index (κ2) is 8.68. The molecule has 1 aromatic carbocycles. The molecule has 0 atom stereocenters. The Kier molecular flexibility index (Phi) is 5.37. The number of benzene rings is 1. The maximum atomic E-state index is 11.7. The van der Waals surface area contributed by atoms with Crippen molar-refractivity contribution in [3.63, 3.8) is 0 Å². The van der Waals surface area contributed by atoms with Crippen LogP contribution in [0.15, 0.2) is 30.7 Å². The Morgan fingerprint density at radius 2 is 1.97 bits per heavy atom. The minimum Gasteiger partial charge on any atom is -0.378 e. The highest BCUT2D eigenvalue weighted by Crippen LogP contribution is 2.31. The standard InChI is InChI=1S/C24H28N8O2/c1-16(33)30-6-4-17(5-7-30)14-32-23-19(13-27-32)22(18-2-3-20-21(12-18)26-15-25-20)28-24(29-23)31-8-10-34-11-9-31/h2-3,12-13,15,17H,4-11,14H2,1H3,(H,25,26). The molecule has 3 aromatic heterocycles. The summed E-state index contributed by atoms with van der Waals surface area (Å²) in [7, 11) is 0. The molecule has 1 amide bonds. The van der Waals surface area contributed by atoms with Gasteiger partial charge in [-0.15, -0.1) is 0 Å². The molecule has 2 fully saturated rings. The third-order valence-electron chi connectivity index (χ3n) is 6.96. The number of fused-ring (bicyclic) bond motifs is 2. The van der Waals surface area contributed by atoms with Gasteiger partial charge in [-0.3, -0.25) is 4.79 Å². The second-order valence-electron chi connectivity index (χ2n) is 9.12. The lowest BCUT2D eigenvalue weighted by molar-refractivity contribution is -0.130. The summed E-state index contributed by atoms with van der Waals surface area (Å²) >= 11 is 0. The van der Waals surface area contributed by atoms with Crippen LogP contribution in [0, 0.1) is 5.92 Å². The van der Waals surface area contributed by atoms with Crippen LogP contribution >= 0.6 is 0 Å². The fraction of sp³-hybridized carbons (Fsp3) is 0.458. The molecule has 1 N–H and O–H groups in total. The fourth-order valence-corrected chi connectivity index (χ4v) is 4.96. The summed E-state index contributed by atoms with van der Waals surface area (Å²) in [6.07, 6.45) is 5.55. The molecule has 0 spiro atoms. The lowest BCUT2D eigenvalue weighted by Crippen LogP contribution is -2.38. The molecule has 5 heterocycles. The lowest BCUT2D eigenvalue weighted by atomic mass is 9.97. The average Bonchev–Trinajstić information content (AvgIpc) is 3.51. The topological polar surface area (TPSA) is 105 Å². The number of imidazole rings is 1. The first kappa shape index (κ1) is 21.0. The average molecular weight is 461 g/mol. The monoisotopic (exact) mass is 460 g/mol. The number of nitrogens with zero attached hydrogens (tertiary/aromatic N) is 7. The van der Waals surface area contributed by atoms with Gasteiger partial charge in [0.25, 0.3) is 0 Å². The van der Waals surface area contributed by atoms with Crippen molar-refractivity contribution in [2.24, 2.45) is 5.92 Å². The van der Waals surface area contributed by atoms with Gasteiger partial charge in [-0.25, -0.2) is 14.6 Å². The number of carbonyl (C=O) groups is 1. The van der Waals surface area contributed by atoms with Gasteiger partial charge in [0, 0.05) is 45.2 Å². The second-order valence-corrected chi connectivity index (χ2v) is 9.12. The number of amides is 1. The van der Waals surface area contributed by atoms with Crippen molar-refractivity contribution in [2.75, 3.05) is 44.3 Å². The number of anilines is 1. The molecule has 2 aliphatic heterocycles. The SMILES string of the molecule is CC(=O)N1CCC(Cn2ncc3c(-c4ccc5nc[nH]c5c4)nc(N4CCOCC4)nc32)CC1. The van der Waals surface area contributed by atoms with Gasteiger partial charge in [0.05, 0.1) is 47.9 Å². The van der Waals surface area contributed by atoms with E-state index in [4.69, 9.17) is 19.8 Å². The van der Waals surface area contributed by atoms with Gasteiger partial charge in [0.15, 0.2) is 5.65 Å². The van der Waals surface area contributed by atoms with E-state index in [1.807, 2.05) is 21.8 Å². The molecule has 4 aromatic rings. The van der Waals surface area contributed by atoms with Crippen LogP contribution in [0.4, 0.5) is 5.95 Å². The zero-order valence-corrected chi connectivity index (χ0v) is 19.3. The number of nitrogens with one attached hydrogen (secondary N) is 1. The fourth-order valence-electron chi connectivity index (χ4n) is 4.96. The normalized spacial score (nSPS) is 17.7. The summed E-state index contributed by atoms with van der Waals surface area (Å²) in [6, 6.07) is 6.15. The number of morpholine rings is 1. The molecule has 0 saturated carbocycles. The first-order valence-electron chi connectivity index (χ1n) is 11.9. The quantitative estimate of drug-likeness (QED) is 0.499. The van der Waals surface area contributed by atoms with Crippen LogP contribution < -0.4 is 4.90 Å². The van der Waals surface area contributed by atoms with Gasteiger partial charge in [-0.2, -0.15) is 10.1 Å². The van der Waals surface area contributed by atoms with Gasteiger partial charge in [0.1, 0.15) is 0 Å². The third kappa shape index (κ3) is 3.87. The smallest absolute Gasteiger partial charge is 0.228 e. The number of piperidine rings is 1. The van der Waals surface area contributed by atoms with E-state index in [1.54, 1.807) is 13.3 Å². The number of hydrogen-bond donors (Lipinski definition) is 1. The molecular formula is C24H28N8O2. The maximum Gasteiger partial charge on any atom is 0.228 e. The van der Waals surface area contributed by atoms with Crippen LogP contribution in [-0.4, -0.2) is 79.9 Å². The first-order valence-corrected chi connectivity index (χ1v) is 11.9. The molecular weight excluding hydrogens is 432 g/mol. The van der Waals surface area contributed by atoms with E-state index in [1.165, 1.54) is 0 Å². The van der Waals surface area contributed by atoms with Crippen LogP contribution in [0.2, 0.25) is 0 Å². The van der Waals surface area contributed by atoms with Gasteiger partial charge >= 0.3 is 0 Å². The number of ether oxygens (including phenoxy) is 1. The van der Waals surface area contributed by atoms with Crippen molar-refractivity contribution in [1.29, 1.82) is 0 Å². The Morgan fingerprint density at radius 1 is 1.15 bits per heavy atom. The van der Waals surface area contributed by atoms with Gasteiger partial charge in [-0.05, 0) is 30.9 Å². The first-order chi connectivity index (χ1) is 16.7. The number of aromatic nitrogens is 6. The van der Waals surface area contributed by atoms with E-state index in [0.717, 1.165) is 78.9 Å². The third-order valence-corrected chi connectivity index (χ3v) is 6.96. The summed E-state index contributed by atoms with van der Waals surface area (Å²) in [4.78, 5) is 33.3. The van der Waals surface area contributed by atoms with Crippen LogP contribution in [0.1, 0.15) is 19.8 Å². The maximum absolute atomic E-state index is 11.7. The van der Waals surface area contributed by atoms with E-state index in [-0.39, 0.29) is 5.91 Å². The van der Waals surface area contributed by atoms with Crippen LogP contribution in [0.5, 0.6) is 0 Å². The highest BCUT2D eigenvalue weighted by molar-refractivity contribution is 5.93. The molecule has 10 heteroatoms. The molecule has 2 saturated heterocycles. The van der Waals surface area contributed by atoms with Crippen LogP contribution in [-0.2, 0) is 16.1 Å². The Bertz CT molecular complexity index is 1330. The Labute approximate surface area is 196 Å². The Morgan fingerprint density at radius 3 is 2.76 bits per heavy atom. The molecule has 0 aliphatic carbocycles. The van der Waals surface area contributed by atoms with E-state index >= 15 is 0 Å². The lowest BCUT2D eigenvalue weighted by Gasteiger charge is -2.31. The van der Waals surface area contributed by atoms with Gasteiger partial charge in [0.2, 0.25) is 11.9 Å². The molecule has 0 unspecified atom stereocenters. The van der Waals surface area contributed by atoms with Crippen molar-refractivity contribution in [3.8, 4) is 11.3 Å². The highest BCUT2D eigenvalue weighted by atomic mass is 16.5. The minimum atomic E-state index is 0.157. The molecule has 0 radical (unpaired) electrons. The summed E-state index contributed by atoms with van der Waals surface area (Å²) in [6.45, 7) is 6.92. The van der Waals surface area contributed by atoms with Crippen LogP contribution in [0.3, 0.4) is 0 Å². The number of hydrogen-bond acceptors (Lipinski definition) is 7. The van der Waals surface area contributed by atoms with Crippen molar-refractivity contribution < 1.29 is 9.53 Å². The zero-order valence-electron chi connectivity index (χ0n) is 19.3. The summed E-state index contributed by atoms with van der Waals surface area (Å²) < 4.78 is 7.56. The van der Waals surface area contributed by atoms with Crippen molar-refractivity contribution >= 4 is 33.9 Å². The van der Waals surface area contributed by atoms with Gasteiger partial charge in [-0.1, -0.05) is 6.07 Å². The number of rotatable bonds is 4. The van der Waals surface area contributed by atoms with E-state index < -0.39 is 0 Å². The largest absolute Gasteiger partial charge is 0.378 e. The predicted octanol–water partition coefficient (Wildman–Crippen LogP) is 2.46. The van der Waals surface area contributed by atoms with E-state index in [9.17, 15) is 4.79 Å². The number of carbonyl (C=O) groups excluding carboxylic acids is 1. The minimum absolute atomic E-state index is 0.157. The van der Waals surface area contributed by atoms with Crippen molar-refractivity contribution in [3.05, 3.63) is 30.7 Å². The zero-order chi connectivity index (χ0) is 23.1. The highest BCUT2D eigenvalue weighted by Gasteiger charge is 2.24. The number of likely N-dealkylation sites (tertiary alicyclic amines) is 1. The number of aromatic amines is 1.